The Hall–Kier alpha value is -1.39. The van der Waals surface area contributed by atoms with Crippen LogP contribution in [0.25, 0.3) is 11.0 Å². The third kappa shape index (κ3) is 1.83. The maximum atomic E-state index is 4.73. The monoisotopic (exact) mass is 230 g/mol. The molecule has 1 aromatic heterocycles. The number of aryl methyl sites for hydroxylation is 1. The summed E-state index contributed by atoms with van der Waals surface area (Å²) in [5.41, 5.74) is 3.43. The van der Waals surface area contributed by atoms with Crippen LogP contribution in [0.5, 0.6) is 0 Å². The lowest BCUT2D eigenvalue weighted by Crippen LogP contribution is -2.49. The smallest absolute Gasteiger partial charge is 0.126 e. The minimum atomic E-state index is 0.274. The highest BCUT2D eigenvalue weighted by atomic mass is 15.1. The normalized spacial score (nSPS) is 25.3. The third-order valence-electron chi connectivity index (χ3n) is 3.48. The Morgan fingerprint density at radius 2 is 2.06 bits per heavy atom. The van der Waals surface area contributed by atoms with Crippen LogP contribution in [0.1, 0.15) is 24.4 Å². The first-order valence-electron chi connectivity index (χ1n) is 6.18. The van der Waals surface area contributed by atoms with E-state index in [0.29, 0.717) is 6.04 Å². The van der Waals surface area contributed by atoms with E-state index in [1.54, 1.807) is 0 Å². The number of fused-ring (bicyclic) bond motifs is 1. The zero-order chi connectivity index (χ0) is 11.8. The summed E-state index contributed by atoms with van der Waals surface area (Å²) in [4.78, 5) is 8.15. The number of hydrogen-bond donors (Lipinski definition) is 3. The topological polar surface area (TPSA) is 52.7 Å². The van der Waals surface area contributed by atoms with Crippen LogP contribution in [0.3, 0.4) is 0 Å². The van der Waals surface area contributed by atoms with E-state index in [2.05, 4.69) is 47.7 Å². The standard InChI is InChI=1S/C13H18N4/c1-8-4-3-5-10-11(8)17-13(16-10)12-9(2)14-6-7-15-12/h3-5,9,12,14-15H,6-7H2,1-2H3,(H,16,17). The number of H-pyrrole nitrogens is 1. The molecule has 1 aromatic carbocycles. The van der Waals surface area contributed by atoms with Gasteiger partial charge < -0.3 is 15.6 Å². The molecule has 0 aliphatic carbocycles. The fourth-order valence-electron chi connectivity index (χ4n) is 2.50. The number of hydrogen-bond acceptors (Lipinski definition) is 3. The average molecular weight is 230 g/mol. The molecule has 1 fully saturated rings. The summed E-state index contributed by atoms with van der Waals surface area (Å²) in [6.45, 7) is 6.31. The first-order chi connectivity index (χ1) is 8.25. The number of piperazine rings is 1. The second-order valence-electron chi connectivity index (χ2n) is 4.77. The zero-order valence-corrected chi connectivity index (χ0v) is 10.2. The lowest BCUT2D eigenvalue weighted by Gasteiger charge is -2.29. The van der Waals surface area contributed by atoms with Crippen molar-refractivity contribution in [2.24, 2.45) is 0 Å². The van der Waals surface area contributed by atoms with Crippen molar-refractivity contribution in [3.63, 3.8) is 0 Å². The van der Waals surface area contributed by atoms with Crippen LogP contribution in [0.2, 0.25) is 0 Å². The lowest BCUT2D eigenvalue weighted by atomic mass is 10.1. The van der Waals surface area contributed by atoms with Gasteiger partial charge in [0.2, 0.25) is 0 Å². The fourth-order valence-corrected chi connectivity index (χ4v) is 2.50. The molecule has 90 valence electrons. The second kappa shape index (κ2) is 4.13. The minimum Gasteiger partial charge on any atom is -0.341 e. The van der Waals surface area contributed by atoms with E-state index in [1.807, 2.05) is 0 Å². The van der Waals surface area contributed by atoms with E-state index in [4.69, 9.17) is 4.98 Å². The highest BCUT2D eigenvalue weighted by Gasteiger charge is 2.24. The number of nitrogens with zero attached hydrogens (tertiary/aromatic N) is 1. The molecule has 17 heavy (non-hydrogen) atoms. The van der Waals surface area contributed by atoms with Crippen molar-refractivity contribution < 1.29 is 0 Å². The molecule has 1 saturated heterocycles. The summed E-state index contributed by atoms with van der Waals surface area (Å²) < 4.78 is 0. The predicted octanol–water partition coefficient (Wildman–Crippen LogP) is 1.49. The minimum absolute atomic E-state index is 0.274. The van der Waals surface area contributed by atoms with Crippen LogP contribution < -0.4 is 10.6 Å². The Kier molecular flexibility index (Phi) is 2.61. The van der Waals surface area contributed by atoms with E-state index >= 15 is 0 Å². The van der Waals surface area contributed by atoms with Gasteiger partial charge in [0.15, 0.2) is 0 Å². The molecule has 2 atom stereocenters. The molecule has 4 heteroatoms. The van der Waals surface area contributed by atoms with Gasteiger partial charge in [-0.15, -0.1) is 0 Å². The summed E-state index contributed by atoms with van der Waals surface area (Å²) >= 11 is 0. The molecule has 3 N–H and O–H groups in total. The Morgan fingerprint density at radius 1 is 1.24 bits per heavy atom. The van der Waals surface area contributed by atoms with Crippen LogP contribution in [-0.4, -0.2) is 29.1 Å². The van der Waals surface area contributed by atoms with Crippen molar-refractivity contribution in [1.82, 2.24) is 20.6 Å². The Labute approximate surface area is 101 Å². The zero-order valence-electron chi connectivity index (χ0n) is 10.2. The average Bonchev–Trinajstić information content (AvgIpc) is 2.75. The molecular weight excluding hydrogens is 212 g/mol. The number of rotatable bonds is 1. The van der Waals surface area contributed by atoms with E-state index in [-0.39, 0.29) is 6.04 Å². The quantitative estimate of drug-likeness (QED) is 0.696. The van der Waals surface area contributed by atoms with Crippen LogP contribution in [-0.2, 0) is 0 Å². The largest absolute Gasteiger partial charge is 0.341 e. The first kappa shape index (κ1) is 10.7. The Balaban J connectivity index is 2.02. The van der Waals surface area contributed by atoms with Gasteiger partial charge in [-0.1, -0.05) is 12.1 Å². The van der Waals surface area contributed by atoms with Crippen molar-refractivity contribution in [2.45, 2.75) is 25.9 Å². The van der Waals surface area contributed by atoms with Crippen molar-refractivity contribution in [3.8, 4) is 0 Å². The molecule has 3 rings (SSSR count). The molecule has 2 unspecified atom stereocenters. The molecule has 0 bridgehead atoms. The van der Waals surface area contributed by atoms with Gasteiger partial charge in [0.1, 0.15) is 5.82 Å². The van der Waals surface area contributed by atoms with Gasteiger partial charge in [0.05, 0.1) is 17.1 Å². The summed E-state index contributed by atoms with van der Waals surface area (Å²) in [7, 11) is 0. The number of para-hydroxylation sites is 1. The number of nitrogens with one attached hydrogen (secondary N) is 3. The fraction of sp³-hybridized carbons (Fsp3) is 0.462. The molecule has 0 radical (unpaired) electrons. The second-order valence-corrected chi connectivity index (χ2v) is 4.77. The molecule has 0 saturated carbocycles. The highest BCUT2D eigenvalue weighted by molar-refractivity contribution is 5.78. The van der Waals surface area contributed by atoms with Crippen molar-refractivity contribution in [2.75, 3.05) is 13.1 Å². The highest BCUT2D eigenvalue weighted by Crippen LogP contribution is 2.21. The van der Waals surface area contributed by atoms with Gasteiger partial charge in [-0.25, -0.2) is 4.98 Å². The number of aromatic amines is 1. The summed E-state index contributed by atoms with van der Waals surface area (Å²) in [6.07, 6.45) is 0. The molecule has 1 aliphatic heterocycles. The summed E-state index contributed by atoms with van der Waals surface area (Å²) in [5, 5.41) is 6.98. The van der Waals surface area contributed by atoms with E-state index < -0.39 is 0 Å². The first-order valence-corrected chi connectivity index (χ1v) is 6.18. The number of imidazole rings is 1. The van der Waals surface area contributed by atoms with Gasteiger partial charge in [-0.2, -0.15) is 0 Å². The van der Waals surface area contributed by atoms with Crippen LogP contribution in [0.15, 0.2) is 18.2 Å². The van der Waals surface area contributed by atoms with E-state index in [9.17, 15) is 0 Å². The Morgan fingerprint density at radius 3 is 2.82 bits per heavy atom. The van der Waals surface area contributed by atoms with Gasteiger partial charge >= 0.3 is 0 Å². The predicted molar refractivity (Wildman–Crippen MR) is 69.0 cm³/mol. The third-order valence-corrected chi connectivity index (χ3v) is 3.48. The summed E-state index contributed by atoms with van der Waals surface area (Å²) in [5.74, 6) is 1.04. The Bertz CT molecular complexity index is 531. The van der Waals surface area contributed by atoms with Crippen molar-refractivity contribution in [1.29, 1.82) is 0 Å². The van der Waals surface area contributed by atoms with Gasteiger partial charge in [-0.05, 0) is 25.5 Å². The molecule has 1 aliphatic rings. The van der Waals surface area contributed by atoms with Crippen molar-refractivity contribution in [3.05, 3.63) is 29.6 Å². The molecule has 2 heterocycles. The molecule has 4 nitrogen and oxygen atoms in total. The maximum Gasteiger partial charge on any atom is 0.126 e. The van der Waals surface area contributed by atoms with Crippen LogP contribution in [0, 0.1) is 6.92 Å². The van der Waals surface area contributed by atoms with Crippen molar-refractivity contribution >= 4 is 11.0 Å². The number of aromatic nitrogens is 2. The van der Waals surface area contributed by atoms with Gasteiger partial charge in [-0.3, -0.25) is 0 Å². The van der Waals surface area contributed by atoms with Gasteiger partial charge in [0, 0.05) is 19.1 Å². The molecule has 0 spiro atoms. The maximum absolute atomic E-state index is 4.73. The van der Waals surface area contributed by atoms with Gasteiger partial charge in [0.25, 0.3) is 0 Å². The SMILES string of the molecule is Cc1cccc2[nH]c(C3NCCNC3C)nc12. The lowest BCUT2D eigenvalue weighted by molar-refractivity contribution is 0.336. The van der Waals surface area contributed by atoms with Crippen LogP contribution >= 0.6 is 0 Å². The van der Waals surface area contributed by atoms with Crippen LogP contribution in [0.4, 0.5) is 0 Å². The molecule has 0 amide bonds. The van der Waals surface area contributed by atoms with E-state index in [0.717, 1.165) is 29.9 Å². The summed E-state index contributed by atoms with van der Waals surface area (Å²) in [6, 6.07) is 6.93. The molecular formula is C13H18N4. The molecule has 2 aromatic rings. The number of benzene rings is 1. The van der Waals surface area contributed by atoms with E-state index in [1.165, 1.54) is 5.56 Å².